The molecule has 4 N–H and O–H groups in total. The number of carbonyl (C=O) groups is 1. The largest absolute Gasteiger partial charge is 0.394 e. The minimum atomic E-state index is -1.39. The summed E-state index contributed by atoms with van der Waals surface area (Å²) in [6.07, 6.45) is 1.92. The number of rotatable bonds is 6. The summed E-state index contributed by atoms with van der Waals surface area (Å²) in [7, 11) is 0. The summed E-state index contributed by atoms with van der Waals surface area (Å²) < 4.78 is 1.83. The summed E-state index contributed by atoms with van der Waals surface area (Å²) in [4.78, 5) is 17.1. The fourth-order valence-corrected chi connectivity index (χ4v) is 2.76. The summed E-state index contributed by atoms with van der Waals surface area (Å²) in [5, 5.41) is 31.8. The van der Waals surface area contributed by atoms with Gasteiger partial charge in [0, 0.05) is 17.3 Å². The van der Waals surface area contributed by atoms with Gasteiger partial charge in [0.1, 0.15) is 5.54 Å². The number of carbonyl (C=O) groups excluding carboxylic acids is 1. The fraction of sp³-hybridized carbons (Fsp3) is 0.500. The van der Waals surface area contributed by atoms with E-state index in [1.165, 1.54) is 11.3 Å². The highest BCUT2D eigenvalue weighted by atomic mass is 32.1. The molecule has 2 heterocycles. The van der Waals surface area contributed by atoms with E-state index in [0.29, 0.717) is 0 Å². The molecule has 0 saturated heterocycles. The number of aliphatic hydroxyl groups excluding tert-OH is 3. The van der Waals surface area contributed by atoms with Crippen LogP contribution in [-0.4, -0.2) is 56.0 Å². The lowest BCUT2D eigenvalue weighted by molar-refractivity contribution is -0.124. The number of nitrogens with zero attached hydrogens (tertiary/aromatic N) is 2. The molecular weight excluding hydrogens is 282 g/mol. The van der Waals surface area contributed by atoms with Crippen LogP contribution in [0.4, 0.5) is 0 Å². The fourth-order valence-electron chi connectivity index (χ4n) is 1.84. The van der Waals surface area contributed by atoms with Gasteiger partial charge in [-0.3, -0.25) is 9.20 Å². The van der Waals surface area contributed by atoms with Crippen LogP contribution in [0.5, 0.6) is 0 Å². The molecule has 0 saturated carbocycles. The average Bonchev–Trinajstić information content (AvgIpc) is 2.97. The molecular formula is C12H17N3O4S. The third-order valence-corrected chi connectivity index (χ3v) is 3.95. The third kappa shape index (κ3) is 2.83. The van der Waals surface area contributed by atoms with Crippen molar-refractivity contribution >= 4 is 22.2 Å². The lowest BCUT2D eigenvalue weighted by Crippen LogP contribution is -2.57. The Morgan fingerprint density at radius 2 is 2.05 bits per heavy atom. The molecule has 0 aliphatic carbocycles. The van der Waals surface area contributed by atoms with E-state index in [1.807, 2.05) is 22.9 Å². The second-order valence-electron chi connectivity index (χ2n) is 4.74. The molecule has 0 atom stereocenters. The van der Waals surface area contributed by atoms with E-state index in [1.54, 1.807) is 0 Å². The SMILES string of the molecule is Cc1cn2c(CC(=O)NC(CO)(CO)CO)csc2n1. The van der Waals surface area contributed by atoms with Crippen molar-refractivity contribution in [2.75, 3.05) is 19.8 Å². The summed E-state index contributed by atoms with van der Waals surface area (Å²) in [5.74, 6) is -0.381. The number of hydrogen-bond acceptors (Lipinski definition) is 6. The highest BCUT2D eigenvalue weighted by Gasteiger charge is 2.30. The van der Waals surface area contributed by atoms with Crippen LogP contribution < -0.4 is 5.32 Å². The van der Waals surface area contributed by atoms with Crippen molar-refractivity contribution in [3.63, 3.8) is 0 Å². The predicted molar refractivity (Wildman–Crippen MR) is 73.6 cm³/mol. The van der Waals surface area contributed by atoms with Gasteiger partial charge in [-0.25, -0.2) is 4.98 Å². The van der Waals surface area contributed by atoms with Crippen LogP contribution in [0.2, 0.25) is 0 Å². The average molecular weight is 299 g/mol. The van der Waals surface area contributed by atoms with E-state index in [9.17, 15) is 20.1 Å². The Hall–Kier alpha value is -1.48. The first-order valence-electron chi connectivity index (χ1n) is 6.09. The third-order valence-electron chi connectivity index (χ3n) is 3.06. The maximum Gasteiger partial charge on any atom is 0.226 e. The molecule has 7 nitrogen and oxygen atoms in total. The number of hydrogen-bond donors (Lipinski definition) is 4. The van der Waals surface area contributed by atoms with Crippen LogP contribution in [0.1, 0.15) is 11.4 Å². The van der Waals surface area contributed by atoms with E-state index in [4.69, 9.17) is 0 Å². The van der Waals surface area contributed by atoms with Crippen molar-refractivity contribution in [1.82, 2.24) is 14.7 Å². The number of aromatic nitrogens is 2. The quantitative estimate of drug-likeness (QED) is 0.552. The van der Waals surface area contributed by atoms with E-state index >= 15 is 0 Å². The second kappa shape index (κ2) is 5.88. The number of aryl methyl sites for hydroxylation is 1. The zero-order valence-electron chi connectivity index (χ0n) is 11.0. The Labute approximate surface area is 119 Å². The van der Waals surface area contributed by atoms with Gasteiger partial charge in [-0.2, -0.15) is 0 Å². The Morgan fingerprint density at radius 3 is 2.65 bits per heavy atom. The van der Waals surface area contributed by atoms with Crippen LogP contribution in [0.15, 0.2) is 11.6 Å². The van der Waals surface area contributed by atoms with E-state index in [-0.39, 0.29) is 12.3 Å². The molecule has 1 amide bonds. The number of fused-ring (bicyclic) bond motifs is 1. The maximum atomic E-state index is 12.0. The van der Waals surface area contributed by atoms with Gasteiger partial charge in [0.05, 0.1) is 31.9 Å². The van der Waals surface area contributed by atoms with Crippen LogP contribution in [-0.2, 0) is 11.2 Å². The first kappa shape index (κ1) is 14.9. The van der Waals surface area contributed by atoms with E-state index in [2.05, 4.69) is 10.3 Å². The Bertz CT molecular complexity index is 595. The predicted octanol–water partition coefficient (Wildman–Crippen LogP) is -0.921. The smallest absolute Gasteiger partial charge is 0.226 e. The molecule has 0 spiro atoms. The zero-order chi connectivity index (χ0) is 14.8. The van der Waals surface area contributed by atoms with Crippen molar-refractivity contribution in [3.8, 4) is 0 Å². The number of thiazole rings is 1. The van der Waals surface area contributed by atoms with Gasteiger partial charge in [0.15, 0.2) is 4.96 Å². The van der Waals surface area contributed by atoms with Crippen molar-refractivity contribution < 1.29 is 20.1 Å². The van der Waals surface area contributed by atoms with Crippen LogP contribution in [0.3, 0.4) is 0 Å². The molecule has 0 radical (unpaired) electrons. The van der Waals surface area contributed by atoms with Gasteiger partial charge in [-0.15, -0.1) is 11.3 Å². The summed E-state index contributed by atoms with van der Waals surface area (Å²) in [6, 6.07) is 0. The van der Waals surface area contributed by atoms with Gasteiger partial charge in [0.2, 0.25) is 5.91 Å². The lowest BCUT2D eigenvalue weighted by Gasteiger charge is -2.28. The Morgan fingerprint density at radius 1 is 1.40 bits per heavy atom. The molecule has 110 valence electrons. The standard InChI is InChI=1S/C12H17N3O4S/c1-8-3-15-9(4-20-11(15)13-8)2-10(19)14-12(5-16,6-17)7-18/h3-4,16-18H,2,5-7H2,1H3,(H,14,19). The number of nitrogens with one attached hydrogen (secondary N) is 1. The van der Waals surface area contributed by atoms with Gasteiger partial charge < -0.3 is 20.6 Å². The molecule has 20 heavy (non-hydrogen) atoms. The van der Waals surface area contributed by atoms with E-state index in [0.717, 1.165) is 16.3 Å². The Kier molecular flexibility index (Phi) is 4.39. The second-order valence-corrected chi connectivity index (χ2v) is 5.58. The lowest BCUT2D eigenvalue weighted by atomic mass is 10.0. The normalized spacial score (nSPS) is 12.0. The highest BCUT2D eigenvalue weighted by Crippen LogP contribution is 2.17. The molecule has 2 aromatic rings. The van der Waals surface area contributed by atoms with Crippen LogP contribution in [0.25, 0.3) is 4.96 Å². The van der Waals surface area contributed by atoms with Crippen molar-refractivity contribution in [1.29, 1.82) is 0 Å². The van der Waals surface area contributed by atoms with Gasteiger partial charge in [0.25, 0.3) is 0 Å². The first-order valence-corrected chi connectivity index (χ1v) is 6.97. The van der Waals surface area contributed by atoms with Gasteiger partial charge in [-0.1, -0.05) is 0 Å². The van der Waals surface area contributed by atoms with Crippen molar-refractivity contribution in [3.05, 3.63) is 23.0 Å². The zero-order valence-corrected chi connectivity index (χ0v) is 11.9. The summed E-state index contributed by atoms with van der Waals surface area (Å²) >= 11 is 1.44. The highest BCUT2D eigenvalue weighted by molar-refractivity contribution is 7.15. The molecule has 0 fully saturated rings. The van der Waals surface area contributed by atoms with Crippen molar-refractivity contribution in [2.45, 2.75) is 18.9 Å². The first-order chi connectivity index (χ1) is 9.53. The molecule has 2 aromatic heterocycles. The topological polar surface area (TPSA) is 107 Å². The minimum absolute atomic E-state index is 0.0809. The minimum Gasteiger partial charge on any atom is -0.394 e. The van der Waals surface area contributed by atoms with E-state index < -0.39 is 25.4 Å². The molecule has 2 rings (SSSR count). The van der Waals surface area contributed by atoms with Crippen molar-refractivity contribution in [2.24, 2.45) is 0 Å². The van der Waals surface area contributed by atoms with Gasteiger partial charge >= 0.3 is 0 Å². The number of imidazole rings is 1. The molecule has 0 unspecified atom stereocenters. The molecule has 8 heteroatoms. The number of aliphatic hydroxyl groups is 3. The van der Waals surface area contributed by atoms with Crippen LogP contribution >= 0.6 is 11.3 Å². The monoisotopic (exact) mass is 299 g/mol. The van der Waals surface area contributed by atoms with Crippen LogP contribution in [0, 0.1) is 6.92 Å². The molecule has 0 aromatic carbocycles. The molecule has 0 bridgehead atoms. The summed E-state index contributed by atoms with van der Waals surface area (Å²) in [5.41, 5.74) is 0.247. The molecule has 0 aliphatic rings. The summed E-state index contributed by atoms with van der Waals surface area (Å²) in [6.45, 7) is 0.275. The maximum absolute atomic E-state index is 12.0. The Balaban J connectivity index is 2.11. The number of amides is 1. The molecule has 0 aliphatic heterocycles. The van der Waals surface area contributed by atoms with Gasteiger partial charge in [-0.05, 0) is 6.92 Å².